The molecule has 2 atom stereocenters. The summed E-state index contributed by atoms with van der Waals surface area (Å²) in [7, 11) is 0. The fraction of sp³-hybridized carbons (Fsp3) is 0.300. The Hall–Kier alpha value is -2.64. The molecule has 2 aromatic rings. The Bertz CT molecular complexity index is 874. The molecule has 0 saturated carbocycles. The molecule has 1 aromatic heterocycles. The molecular formula is C20H21Cl2N3O4. The van der Waals surface area contributed by atoms with Crippen LogP contribution in [0.5, 0.6) is 0 Å². The molecule has 0 aliphatic carbocycles. The number of ether oxygens (including phenoxy) is 1. The van der Waals surface area contributed by atoms with Crippen molar-refractivity contribution in [1.82, 2.24) is 10.3 Å². The highest BCUT2D eigenvalue weighted by atomic mass is 35.5. The van der Waals surface area contributed by atoms with E-state index < -0.39 is 30.4 Å². The van der Waals surface area contributed by atoms with Crippen LogP contribution in [0.15, 0.2) is 42.6 Å². The van der Waals surface area contributed by atoms with Crippen molar-refractivity contribution < 1.29 is 19.1 Å². The third-order valence-corrected chi connectivity index (χ3v) is 4.79. The Balaban J connectivity index is 1.97. The number of carbonyl (C=O) groups excluding carboxylic acids is 3. The third-order valence-electron chi connectivity index (χ3n) is 4.24. The lowest BCUT2D eigenvalue weighted by molar-refractivity contribution is -0.150. The Morgan fingerprint density at radius 1 is 1.14 bits per heavy atom. The van der Waals surface area contributed by atoms with Gasteiger partial charge in [-0.25, -0.2) is 9.78 Å². The van der Waals surface area contributed by atoms with Crippen LogP contribution in [0.3, 0.4) is 0 Å². The molecule has 1 heterocycles. The number of nitrogens with zero attached hydrogens (tertiary/aromatic N) is 1. The number of anilines is 1. The van der Waals surface area contributed by atoms with Gasteiger partial charge in [0.25, 0.3) is 11.8 Å². The molecule has 0 fully saturated rings. The minimum Gasteiger partial charge on any atom is -0.454 e. The van der Waals surface area contributed by atoms with Gasteiger partial charge in [-0.1, -0.05) is 43.5 Å². The van der Waals surface area contributed by atoms with E-state index in [-0.39, 0.29) is 11.1 Å². The van der Waals surface area contributed by atoms with Crippen LogP contribution < -0.4 is 10.6 Å². The number of benzene rings is 1. The lowest BCUT2D eigenvalue weighted by Crippen LogP contribution is -2.46. The summed E-state index contributed by atoms with van der Waals surface area (Å²) in [6.45, 7) is 3.17. The van der Waals surface area contributed by atoms with Crippen LogP contribution in [0.1, 0.15) is 30.6 Å². The number of rotatable bonds is 8. The van der Waals surface area contributed by atoms with Crippen LogP contribution in [-0.4, -0.2) is 35.4 Å². The predicted octanol–water partition coefficient (Wildman–Crippen LogP) is 3.71. The standard InChI is InChI=1S/C20H21Cl2N3O4/c1-3-12(2)17(25-19(27)13-6-8-14(21)9-7-13)20(28)29-11-16(26)24-15-5-4-10-23-18(15)22/h4-10,12,17H,3,11H2,1-2H3,(H,24,26)(H,25,27)/t12-,17-/m0/s1. The van der Waals surface area contributed by atoms with E-state index in [4.69, 9.17) is 27.9 Å². The van der Waals surface area contributed by atoms with Gasteiger partial charge in [-0.2, -0.15) is 0 Å². The van der Waals surface area contributed by atoms with Gasteiger partial charge in [-0.05, 0) is 42.3 Å². The summed E-state index contributed by atoms with van der Waals surface area (Å²) in [6.07, 6.45) is 2.11. The fourth-order valence-corrected chi connectivity index (χ4v) is 2.68. The average Bonchev–Trinajstić information content (AvgIpc) is 2.71. The number of aromatic nitrogens is 1. The zero-order valence-electron chi connectivity index (χ0n) is 15.9. The van der Waals surface area contributed by atoms with Crippen molar-refractivity contribution in [2.75, 3.05) is 11.9 Å². The molecule has 1 aromatic carbocycles. The number of hydrogen-bond acceptors (Lipinski definition) is 5. The van der Waals surface area contributed by atoms with E-state index in [2.05, 4.69) is 15.6 Å². The van der Waals surface area contributed by atoms with Crippen molar-refractivity contribution in [2.24, 2.45) is 5.92 Å². The molecule has 0 unspecified atom stereocenters. The minimum absolute atomic E-state index is 0.125. The molecule has 2 amide bonds. The number of carbonyl (C=O) groups is 3. The highest BCUT2D eigenvalue weighted by Crippen LogP contribution is 2.17. The van der Waals surface area contributed by atoms with E-state index in [0.29, 0.717) is 22.7 Å². The normalized spacial score (nSPS) is 12.6. The maximum absolute atomic E-state index is 12.5. The predicted molar refractivity (Wildman–Crippen MR) is 111 cm³/mol. The fourth-order valence-electron chi connectivity index (χ4n) is 2.39. The summed E-state index contributed by atoms with van der Waals surface area (Å²) in [4.78, 5) is 40.8. The van der Waals surface area contributed by atoms with Gasteiger partial charge in [0, 0.05) is 16.8 Å². The smallest absolute Gasteiger partial charge is 0.329 e. The largest absolute Gasteiger partial charge is 0.454 e. The molecule has 0 aliphatic heterocycles. The summed E-state index contributed by atoms with van der Waals surface area (Å²) >= 11 is 11.7. The summed E-state index contributed by atoms with van der Waals surface area (Å²) in [5, 5.41) is 5.80. The van der Waals surface area contributed by atoms with Crippen molar-refractivity contribution in [3.8, 4) is 0 Å². The minimum atomic E-state index is -0.905. The van der Waals surface area contributed by atoms with Gasteiger partial charge < -0.3 is 15.4 Å². The zero-order valence-corrected chi connectivity index (χ0v) is 17.5. The maximum atomic E-state index is 12.5. The molecule has 29 heavy (non-hydrogen) atoms. The SMILES string of the molecule is CC[C@H](C)[C@H](NC(=O)c1ccc(Cl)cc1)C(=O)OCC(=O)Nc1cccnc1Cl. The van der Waals surface area contributed by atoms with Crippen LogP contribution in [0.2, 0.25) is 10.2 Å². The van der Waals surface area contributed by atoms with E-state index in [9.17, 15) is 14.4 Å². The Morgan fingerprint density at radius 3 is 2.45 bits per heavy atom. The number of nitrogens with one attached hydrogen (secondary N) is 2. The number of pyridine rings is 1. The van der Waals surface area contributed by atoms with Crippen molar-refractivity contribution >= 4 is 46.7 Å². The first-order chi connectivity index (χ1) is 13.8. The van der Waals surface area contributed by atoms with Gasteiger partial charge in [0.2, 0.25) is 0 Å². The van der Waals surface area contributed by atoms with Crippen molar-refractivity contribution in [1.29, 1.82) is 0 Å². The Kier molecular flexibility index (Phi) is 8.42. The van der Waals surface area contributed by atoms with Crippen LogP contribution in [0, 0.1) is 5.92 Å². The average molecular weight is 438 g/mol. The summed E-state index contributed by atoms with van der Waals surface area (Å²) in [6, 6.07) is 8.56. The lowest BCUT2D eigenvalue weighted by atomic mass is 9.99. The van der Waals surface area contributed by atoms with E-state index in [1.54, 1.807) is 36.4 Å². The molecule has 9 heteroatoms. The molecule has 2 rings (SSSR count). The van der Waals surface area contributed by atoms with Gasteiger partial charge in [-0.3, -0.25) is 9.59 Å². The molecule has 0 saturated heterocycles. The number of amides is 2. The molecule has 0 bridgehead atoms. The first-order valence-electron chi connectivity index (χ1n) is 8.95. The van der Waals surface area contributed by atoms with Crippen molar-refractivity contribution in [3.63, 3.8) is 0 Å². The third kappa shape index (κ3) is 6.73. The van der Waals surface area contributed by atoms with E-state index >= 15 is 0 Å². The topological polar surface area (TPSA) is 97.4 Å². The van der Waals surface area contributed by atoms with E-state index in [1.807, 2.05) is 13.8 Å². The van der Waals surface area contributed by atoms with Crippen molar-refractivity contribution in [3.05, 3.63) is 58.3 Å². The molecule has 0 aliphatic rings. The van der Waals surface area contributed by atoms with Gasteiger partial charge in [0.05, 0.1) is 5.69 Å². The maximum Gasteiger partial charge on any atom is 0.329 e. The second kappa shape index (κ2) is 10.8. The summed E-state index contributed by atoms with van der Waals surface area (Å²) in [5.74, 6) is -1.90. The quantitative estimate of drug-likeness (QED) is 0.484. The number of halogens is 2. The molecule has 2 N–H and O–H groups in total. The highest BCUT2D eigenvalue weighted by molar-refractivity contribution is 6.32. The first kappa shape index (κ1) is 22.6. The van der Waals surface area contributed by atoms with Gasteiger partial charge in [0.15, 0.2) is 11.8 Å². The zero-order chi connectivity index (χ0) is 21.4. The second-order valence-corrected chi connectivity index (χ2v) is 7.14. The van der Waals surface area contributed by atoms with Gasteiger partial charge in [-0.15, -0.1) is 0 Å². The molecular weight excluding hydrogens is 417 g/mol. The van der Waals surface area contributed by atoms with Crippen LogP contribution in [0.4, 0.5) is 5.69 Å². The lowest BCUT2D eigenvalue weighted by Gasteiger charge is -2.22. The summed E-state index contributed by atoms with van der Waals surface area (Å²) < 4.78 is 5.11. The number of esters is 1. The summed E-state index contributed by atoms with van der Waals surface area (Å²) in [5.41, 5.74) is 0.671. The first-order valence-corrected chi connectivity index (χ1v) is 9.70. The van der Waals surface area contributed by atoms with Gasteiger partial charge in [0.1, 0.15) is 6.04 Å². The Morgan fingerprint density at radius 2 is 1.83 bits per heavy atom. The van der Waals surface area contributed by atoms with Crippen LogP contribution in [-0.2, 0) is 14.3 Å². The molecule has 0 radical (unpaired) electrons. The molecule has 154 valence electrons. The monoisotopic (exact) mass is 437 g/mol. The Labute approximate surface area is 178 Å². The van der Waals surface area contributed by atoms with Gasteiger partial charge >= 0.3 is 5.97 Å². The van der Waals surface area contributed by atoms with E-state index in [1.165, 1.54) is 6.20 Å². The van der Waals surface area contributed by atoms with Crippen molar-refractivity contribution in [2.45, 2.75) is 26.3 Å². The van der Waals surface area contributed by atoms with Crippen LogP contribution >= 0.6 is 23.2 Å². The number of hydrogen-bond donors (Lipinski definition) is 2. The molecule has 7 nitrogen and oxygen atoms in total. The van der Waals surface area contributed by atoms with E-state index in [0.717, 1.165) is 0 Å². The molecule has 0 spiro atoms. The second-order valence-electron chi connectivity index (χ2n) is 6.34. The van der Waals surface area contributed by atoms with Crippen LogP contribution in [0.25, 0.3) is 0 Å². The highest BCUT2D eigenvalue weighted by Gasteiger charge is 2.28.